The van der Waals surface area contributed by atoms with Crippen LogP contribution in [0.2, 0.25) is 0 Å². The first kappa shape index (κ1) is 14.8. The topological polar surface area (TPSA) is 26.3 Å². The van der Waals surface area contributed by atoms with E-state index in [1.54, 1.807) is 6.07 Å². The van der Waals surface area contributed by atoms with Crippen LogP contribution in [0.4, 0.5) is 0 Å². The maximum absolute atomic E-state index is 12.0. The third-order valence-electron chi connectivity index (χ3n) is 2.32. The second-order valence-electron chi connectivity index (χ2n) is 4.94. The number of carbonyl (C=O) groups excluding carboxylic acids is 1. The molecule has 0 N–H and O–H groups in total. The number of hydrogen-bond donors (Lipinski definition) is 0. The largest absolute Gasteiger partial charge is 1.00 e. The summed E-state index contributed by atoms with van der Waals surface area (Å²) in [5, 5.41) is 1.81. The van der Waals surface area contributed by atoms with Gasteiger partial charge in [-0.25, -0.2) is 4.79 Å². The standard InChI is InChI=1S/C15H15O2.Li/c1-15(2,3)17-14(16)13-10-6-8-11-7-4-5-9-12(11)13;/h4-6,8-10H,1-3H3;/q-1;+1. The molecule has 0 bridgehead atoms. The fourth-order valence-corrected chi connectivity index (χ4v) is 1.66. The molecule has 0 aliphatic carbocycles. The molecule has 0 aliphatic rings. The predicted octanol–water partition coefficient (Wildman–Crippen LogP) is 0.599. The Hall–Kier alpha value is -1.23. The number of benzene rings is 2. The van der Waals surface area contributed by atoms with Gasteiger partial charge in [0.25, 0.3) is 0 Å². The van der Waals surface area contributed by atoms with Crippen molar-refractivity contribution in [3.63, 3.8) is 0 Å². The molecule has 2 nitrogen and oxygen atoms in total. The van der Waals surface area contributed by atoms with Gasteiger partial charge in [0.2, 0.25) is 0 Å². The molecule has 2 rings (SSSR count). The van der Waals surface area contributed by atoms with Gasteiger partial charge in [-0.05, 0) is 20.8 Å². The molecule has 0 saturated heterocycles. The van der Waals surface area contributed by atoms with E-state index < -0.39 is 5.60 Å². The number of esters is 1. The van der Waals surface area contributed by atoms with Gasteiger partial charge in [-0.15, -0.1) is 41.8 Å². The first-order valence-corrected chi connectivity index (χ1v) is 5.60. The monoisotopic (exact) mass is 234 g/mol. The Morgan fingerprint density at radius 2 is 1.89 bits per heavy atom. The molecule has 0 fully saturated rings. The van der Waals surface area contributed by atoms with Crippen molar-refractivity contribution in [2.45, 2.75) is 26.4 Å². The summed E-state index contributed by atoms with van der Waals surface area (Å²) in [7, 11) is 0. The summed E-state index contributed by atoms with van der Waals surface area (Å²) in [6, 6.07) is 14.3. The van der Waals surface area contributed by atoms with E-state index >= 15 is 0 Å². The minimum atomic E-state index is -0.474. The Morgan fingerprint density at radius 1 is 1.17 bits per heavy atom. The number of ether oxygens (including phenoxy) is 1. The van der Waals surface area contributed by atoms with Crippen molar-refractivity contribution in [2.75, 3.05) is 0 Å². The molecule has 0 aliphatic heterocycles. The zero-order valence-electron chi connectivity index (χ0n) is 11.3. The third kappa shape index (κ3) is 3.38. The Balaban J connectivity index is 0.00000162. The van der Waals surface area contributed by atoms with Gasteiger partial charge in [-0.1, -0.05) is 11.5 Å². The summed E-state index contributed by atoms with van der Waals surface area (Å²) < 4.78 is 5.38. The molecule has 2 aromatic carbocycles. The van der Waals surface area contributed by atoms with Gasteiger partial charge < -0.3 is 4.74 Å². The van der Waals surface area contributed by atoms with Gasteiger partial charge >= 0.3 is 24.8 Å². The Bertz CT molecular complexity index is 550. The van der Waals surface area contributed by atoms with E-state index in [4.69, 9.17) is 4.74 Å². The Morgan fingerprint density at radius 3 is 2.56 bits per heavy atom. The number of hydrogen-bond acceptors (Lipinski definition) is 2. The zero-order chi connectivity index (χ0) is 12.5. The Kier molecular flexibility index (Phi) is 4.62. The van der Waals surface area contributed by atoms with Gasteiger partial charge in [-0.2, -0.15) is 0 Å². The smallest absolute Gasteiger partial charge is 0.457 e. The van der Waals surface area contributed by atoms with Gasteiger partial charge in [0.15, 0.2) is 0 Å². The second-order valence-corrected chi connectivity index (χ2v) is 4.94. The van der Waals surface area contributed by atoms with Crippen molar-refractivity contribution >= 4 is 16.7 Å². The van der Waals surface area contributed by atoms with Crippen LogP contribution in [0.5, 0.6) is 0 Å². The van der Waals surface area contributed by atoms with Crippen molar-refractivity contribution in [3.8, 4) is 0 Å². The van der Waals surface area contributed by atoms with E-state index in [1.807, 2.05) is 51.1 Å². The minimum Gasteiger partial charge on any atom is -0.457 e. The quantitative estimate of drug-likeness (QED) is 0.410. The number of carbonyl (C=O) groups is 1. The zero-order valence-corrected chi connectivity index (χ0v) is 11.3. The van der Waals surface area contributed by atoms with E-state index in [2.05, 4.69) is 6.07 Å². The number of rotatable bonds is 1. The van der Waals surface area contributed by atoms with Crippen LogP contribution in [0.15, 0.2) is 36.4 Å². The summed E-state index contributed by atoms with van der Waals surface area (Å²) in [5.74, 6) is -0.289. The molecule has 18 heavy (non-hydrogen) atoms. The molecule has 0 heterocycles. The maximum atomic E-state index is 12.0. The van der Waals surface area contributed by atoms with Gasteiger partial charge in [0.05, 0.1) is 0 Å². The van der Waals surface area contributed by atoms with Crippen LogP contribution in [0.25, 0.3) is 10.8 Å². The van der Waals surface area contributed by atoms with Gasteiger partial charge in [0.1, 0.15) is 5.60 Å². The van der Waals surface area contributed by atoms with Crippen LogP contribution in [-0.4, -0.2) is 11.6 Å². The molecule has 88 valence electrons. The summed E-state index contributed by atoms with van der Waals surface area (Å²) in [6.07, 6.45) is 0. The molecule has 0 aromatic heterocycles. The van der Waals surface area contributed by atoms with Crippen molar-refractivity contribution in [3.05, 3.63) is 48.0 Å². The molecule has 0 radical (unpaired) electrons. The van der Waals surface area contributed by atoms with Gasteiger partial charge in [0, 0.05) is 5.56 Å². The molecular formula is C15H15LiO2. The van der Waals surface area contributed by atoms with Crippen molar-refractivity contribution in [2.24, 2.45) is 0 Å². The van der Waals surface area contributed by atoms with Crippen LogP contribution >= 0.6 is 0 Å². The molecule has 0 saturated carbocycles. The minimum absolute atomic E-state index is 0. The Labute approximate surface area is 120 Å². The first-order chi connectivity index (χ1) is 7.97. The van der Waals surface area contributed by atoms with Crippen LogP contribution in [0, 0.1) is 6.07 Å². The van der Waals surface area contributed by atoms with E-state index in [0.717, 1.165) is 10.8 Å². The van der Waals surface area contributed by atoms with E-state index in [9.17, 15) is 4.79 Å². The van der Waals surface area contributed by atoms with Crippen LogP contribution in [0.1, 0.15) is 31.1 Å². The molecule has 0 atom stereocenters. The van der Waals surface area contributed by atoms with E-state index in [1.165, 1.54) is 0 Å². The predicted molar refractivity (Wildman–Crippen MR) is 68.0 cm³/mol. The van der Waals surface area contributed by atoms with Crippen molar-refractivity contribution < 1.29 is 28.4 Å². The number of fused-ring (bicyclic) bond motifs is 1. The molecular weight excluding hydrogens is 219 g/mol. The molecule has 0 amide bonds. The normalized spacial score (nSPS) is 10.8. The third-order valence-corrected chi connectivity index (χ3v) is 2.32. The van der Waals surface area contributed by atoms with E-state index in [0.29, 0.717) is 5.56 Å². The first-order valence-electron chi connectivity index (χ1n) is 5.60. The summed E-state index contributed by atoms with van der Waals surface area (Å²) in [4.78, 5) is 12.0. The van der Waals surface area contributed by atoms with Crippen molar-refractivity contribution in [1.29, 1.82) is 0 Å². The molecule has 3 heteroatoms. The van der Waals surface area contributed by atoms with Crippen LogP contribution in [-0.2, 0) is 4.74 Å². The summed E-state index contributed by atoms with van der Waals surface area (Å²) in [6.45, 7) is 5.59. The average Bonchev–Trinajstić information content (AvgIpc) is 2.26. The maximum Gasteiger partial charge on any atom is 1.00 e. The average molecular weight is 234 g/mol. The SMILES string of the molecule is CC(C)(C)OC(=O)c1cccc2[c-]cccc12.[Li+]. The summed E-state index contributed by atoms with van der Waals surface area (Å²) >= 11 is 0. The second kappa shape index (κ2) is 5.61. The molecule has 2 aromatic rings. The van der Waals surface area contributed by atoms with Crippen LogP contribution in [0.3, 0.4) is 0 Å². The molecule has 0 spiro atoms. The summed E-state index contributed by atoms with van der Waals surface area (Å²) in [5.41, 5.74) is 0.117. The fraction of sp³-hybridized carbons (Fsp3) is 0.267. The van der Waals surface area contributed by atoms with E-state index in [-0.39, 0.29) is 24.8 Å². The van der Waals surface area contributed by atoms with Gasteiger partial charge in [-0.3, -0.25) is 0 Å². The van der Waals surface area contributed by atoms with Crippen LogP contribution < -0.4 is 18.9 Å². The fourth-order valence-electron chi connectivity index (χ4n) is 1.66. The molecule has 0 unspecified atom stereocenters. The van der Waals surface area contributed by atoms with Crippen molar-refractivity contribution in [1.82, 2.24) is 0 Å².